The van der Waals surface area contributed by atoms with Crippen LogP contribution >= 0.6 is 0 Å². The predicted octanol–water partition coefficient (Wildman–Crippen LogP) is 14.9. The van der Waals surface area contributed by atoms with E-state index in [2.05, 4.69) is 212 Å². The van der Waals surface area contributed by atoms with E-state index in [9.17, 15) is 0 Å². The summed E-state index contributed by atoms with van der Waals surface area (Å²) in [6, 6.07) is 80.4. The zero-order chi connectivity index (χ0) is 41.2. The van der Waals surface area contributed by atoms with Crippen molar-refractivity contribution >= 4 is 21.5 Å². The third-order valence-electron chi connectivity index (χ3n) is 11.5. The lowest BCUT2D eigenvalue weighted by Crippen LogP contribution is -1.99. The second kappa shape index (κ2) is 16.0. The Bertz CT molecular complexity index is 3330. The topological polar surface area (TPSA) is 51.6 Å². The van der Waals surface area contributed by atoms with Crippen molar-refractivity contribution in [2.24, 2.45) is 0 Å². The summed E-state index contributed by atoms with van der Waals surface area (Å²) in [6.45, 7) is 0. The molecule has 0 aliphatic rings. The summed E-state index contributed by atoms with van der Waals surface area (Å²) in [7, 11) is 0. The molecule has 11 aromatic rings. The van der Waals surface area contributed by atoms with E-state index in [1.54, 1.807) is 0 Å². The van der Waals surface area contributed by atoms with Gasteiger partial charge in [0.15, 0.2) is 11.6 Å². The molecular formula is C58H38N4. The fourth-order valence-corrected chi connectivity index (χ4v) is 8.52. The van der Waals surface area contributed by atoms with Gasteiger partial charge in [0.2, 0.25) is 0 Å². The quantitative estimate of drug-likeness (QED) is 0.154. The van der Waals surface area contributed by atoms with Crippen LogP contribution in [0.5, 0.6) is 0 Å². The van der Waals surface area contributed by atoms with E-state index in [1.165, 1.54) is 10.8 Å². The maximum Gasteiger partial charge on any atom is 0.161 e. The Labute approximate surface area is 360 Å². The van der Waals surface area contributed by atoms with Crippen molar-refractivity contribution in [1.29, 1.82) is 0 Å². The molecule has 11 rings (SSSR count). The van der Waals surface area contributed by atoms with Gasteiger partial charge in [-0.2, -0.15) is 0 Å². The summed E-state index contributed by atoms with van der Waals surface area (Å²) < 4.78 is 0. The van der Waals surface area contributed by atoms with E-state index in [-0.39, 0.29) is 0 Å². The van der Waals surface area contributed by atoms with Gasteiger partial charge in [-0.15, -0.1) is 0 Å². The summed E-state index contributed by atoms with van der Waals surface area (Å²) in [5.41, 5.74) is 13.8. The SMILES string of the molecule is c1ccc(-c2cc(-c3ccccc3)nc(-c3ccc(-c4ccccc4-c4nc(-c5ccccc5)cc(-c5cccc6ccccc56)n4)c(-c4cccc5ccccc45)c3)n2)cc1. The standard InChI is InChI=1S/C58H38N4/c1-4-20-41(21-5-1)53-37-54(42-22-6-2-7-23-42)60-57(59-53)44-34-35-49(52(36-44)47-32-16-26-39-18-10-12-28-45(39)47)48-30-14-15-31-51(48)58-61-55(43-24-8-3-9-25-43)38-56(62-58)50-33-17-27-40-19-11-13-29-46(40)50/h1-38H. The molecule has 4 nitrogen and oxygen atoms in total. The third-order valence-corrected chi connectivity index (χ3v) is 11.5. The molecule has 0 amide bonds. The van der Waals surface area contributed by atoms with Gasteiger partial charge in [0, 0.05) is 33.4 Å². The Hall–Kier alpha value is -8.34. The average molecular weight is 791 g/mol. The second-order valence-corrected chi connectivity index (χ2v) is 15.4. The van der Waals surface area contributed by atoms with Gasteiger partial charge in [-0.1, -0.05) is 212 Å². The molecule has 0 aliphatic carbocycles. The number of rotatable bonds is 8. The monoisotopic (exact) mass is 790 g/mol. The summed E-state index contributed by atoms with van der Waals surface area (Å²) in [5.74, 6) is 1.31. The van der Waals surface area contributed by atoms with Gasteiger partial charge in [0.1, 0.15) is 0 Å². The van der Waals surface area contributed by atoms with Crippen LogP contribution in [-0.2, 0) is 0 Å². The van der Waals surface area contributed by atoms with E-state index in [4.69, 9.17) is 19.9 Å². The van der Waals surface area contributed by atoms with E-state index in [1.807, 2.05) is 18.2 Å². The fraction of sp³-hybridized carbons (Fsp3) is 0. The van der Waals surface area contributed by atoms with E-state index in [0.717, 1.165) is 89.2 Å². The Morgan fingerprint density at radius 1 is 0.210 bits per heavy atom. The highest BCUT2D eigenvalue weighted by molar-refractivity contribution is 6.03. The Balaban J connectivity index is 1.14. The first-order chi connectivity index (χ1) is 30.7. The maximum absolute atomic E-state index is 5.40. The first kappa shape index (κ1) is 36.7. The Kier molecular flexibility index (Phi) is 9.49. The molecule has 290 valence electrons. The molecule has 0 aliphatic heterocycles. The molecule has 0 fully saturated rings. The van der Waals surface area contributed by atoms with Crippen LogP contribution in [0.25, 0.3) is 112 Å². The number of fused-ring (bicyclic) bond motifs is 2. The lowest BCUT2D eigenvalue weighted by Gasteiger charge is -2.18. The van der Waals surface area contributed by atoms with Crippen LogP contribution < -0.4 is 0 Å². The van der Waals surface area contributed by atoms with Gasteiger partial charge in [0.05, 0.1) is 22.8 Å². The van der Waals surface area contributed by atoms with Gasteiger partial charge in [-0.05, 0) is 62.0 Å². The Morgan fingerprint density at radius 2 is 0.613 bits per heavy atom. The molecule has 4 heteroatoms. The molecule has 0 atom stereocenters. The molecule has 0 radical (unpaired) electrons. The van der Waals surface area contributed by atoms with Crippen LogP contribution in [0.15, 0.2) is 231 Å². The zero-order valence-corrected chi connectivity index (χ0v) is 33.7. The molecule has 2 heterocycles. The van der Waals surface area contributed by atoms with E-state index in [0.29, 0.717) is 11.6 Å². The van der Waals surface area contributed by atoms with Crippen LogP contribution in [0.1, 0.15) is 0 Å². The lowest BCUT2D eigenvalue weighted by atomic mass is 9.88. The number of aromatic nitrogens is 4. The largest absolute Gasteiger partial charge is 0.228 e. The number of benzene rings is 9. The van der Waals surface area contributed by atoms with Crippen LogP contribution in [0.4, 0.5) is 0 Å². The minimum Gasteiger partial charge on any atom is -0.228 e. The summed E-state index contributed by atoms with van der Waals surface area (Å²) in [4.78, 5) is 21.2. The Morgan fingerprint density at radius 3 is 1.21 bits per heavy atom. The molecule has 0 bridgehead atoms. The van der Waals surface area contributed by atoms with Gasteiger partial charge < -0.3 is 0 Å². The summed E-state index contributed by atoms with van der Waals surface area (Å²) in [6.07, 6.45) is 0. The van der Waals surface area contributed by atoms with Crippen LogP contribution in [-0.4, -0.2) is 19.9 Å². The van der Waals surface area contributed by atoms with Gasteiger partial charge >= 0.3 is 0 Å². The van der Waals surface area contributed by atoms with Crippen molar-refractivity contribution in [1.82, 2.24) is 19.9 Å². The van der Waals surface area contributed by atoms with E-state index >= 15 is 0 Å². The maximum atomic E-state index is 5.40. The molecule has 0 saturated heterocycles. The van der Waals surface area contributed by atoms with Crippen molar-refractivity contribution in [2.75, 3.05) is 0 Å². The summed E-state index contributed by atoms with van der Waals surface area (Å²) in [5, 5.41) is 4.65. The van der Waals surface area contributed by atoms with Crippen molar-refractivity contribution in [3.05, 3.63) is 231 Å². The summed E-state index contributed by atoms with van der Waals surface area (Å²) >= 11 is 0. The highest BCUT2D eigenvalue weighted by Crippen LogP contribution is 2.43. The highest BCUT2D eigenvalue weighted by Gasteiger charge is 2.20. The van der Waals surface area contributed by atoms with Gasteiger partial charge in [0.25, 0.3) is 0 Å². The van der Waals surface area contributed by atoms with Crippen molar-refractivity contribution in [3.63, 3.8) is 0 Å². The van der Waals surface area contributed by atoms with Gasteiger partial charge in [-0.25, -0.2) is 19.9 Å². The average Bonchev–Trinajstić information content (AvgIpc) is 3.36. The molecular weight excluding hydrogens is 753 g/mol. The van der Waals surface area contributed by atoms with Gasteiger partial charge in [-0.3, -0.25) is 0 Å². The molecule has 2 aromatic heterocycles. The number of hydrogen-bond acceptors (Lipinski definition) is 4. The minimum absolute atomic E-state index is 0.657. The first-order valence-corrected chi connectivity index (χ1v) is 20.9. The second-order valence-electron chi connectivity index (χ2n) is 15.4. The molecule has 0 unspecified atom stereocenters. The molecule has 0 N–H and O–H groups in total. The molecule has 0 saturated carbocycles. The number of nitrogens with zero attached hydrogens (tertiary/aromatic N) is 4. The molecule has 62 heavy (non-hydrogen) atoms. The van der Waals surface area contributed by atoms with Crippen molar-refractivity contribution < 1.29 is 0 Å². The van der Waals surface area contributed by atoms with Crippen LogP contribution in [0, 0.1) is 0 Å². The normalized spacial score (nSPS) is 11.2. The third kappa shape index (κ3) is 7.00. The first-order valence-electron chi connectivity index (χ1n) is 20.9. The lowest BCUT2D eigenvalue weighted by molar-refractivity contribution is 1.18. The predicted molar refractivity (Wildman–Crippen MR) is 256 cm³/mol. The molecule has 0 spiro atoms. The van der Waals surface area contributed by atoms with E-state index < -0.39 is 0 Å². The molecule has 9 aromatic carbocycles. The smallest absolute Gasteiger partial charge is 0.161 e. The van der Waals surface area contributed by atoms with Crippen molar-refractivity contribution in [3.8, 4) is 90.1 Å². The zero-order valence-electron chi connectivity index (χ0n) is 33.7. The van der Waals surface area contributed by atoms with Crippen LogP contribution in [0.2, 0.25) is 0 Å². The number of hydrogen-bond donors (Lipinski definition) is 0. The van der Waals surface area contributed by atoms with Crippen LogP contribution in [0.3, 0.4) is 0 Å². The van der Waals surface area contributed by atoms with Crippen molar-refractivity contribution in [2.45, 2.75) is 0 Å². The highest BCUT2D eigenvalue weighted by atomic mass is 14.9. The minimum atomic E-state index is 0.657. The fourth-order valence-electron chi connectivity index (χ4n) is 8.52.